The number of ether oxygens (including phenoxy) is 1. The lowest BCUT2D eigenvalue weighted by atomic mass is 10.2. The molecular formula is C12H16ClNO. The lowest BCUT2D eigenvalue weighted by Gasteiger charge is -2.02. The maximum Gasteiger partial charge on any atom is 0.120 e. The molecule has 0 aliphatic rings. The smallest absolute Gasteiger partial charge is 0.120 e. The SMILES string of the molecule is CNCCC=Cc1ccc(OC)cc1Cl. The lowest BCUT2D eigenvalue weighted by Crippen LogP contribution is -2.05. The van der Waals surface area contributed by atoms with Gasteiger partial charge in [-0.2, -0.15) is 0 Å². The van der Waals surface area contributed by atoms with Gasteiger partial charge < -0.3 is 10.1 Å². The second-order valence-corrected chi connectivity index (χ2v) is 3.59. The van der Waals surface area contributed by atoms with E-state index in [1.165, 1.54) is 0 Å². The molecule has 0 aromatic heterocycles. The van der Waals surface area contributed by atoms with E-state index < -0.39 is 0 Å². The number of rotatable bonds is 5. The predicted molar refractivity (Wildman–Crippen MR) is 65.6 cm³/mol. The molecule has 1 aromatic rings. The molecule has 0 aliphatic carbocycles. The van der Waals surface area contributed by atoms with Crippen LogP contribution in [0.3, 0.4) is 0 Å². The standard InChI is InChI=1S/C12H16ClNO/c1-14-8-4-3-5-10-6-7-11(15-2)9-12(10)13/h3,5-7,9,14H,4,8H2,1-2H3. The van der Waals surface area contributed by atoms with Crippen LogP contribution in [0.5, 0.6) is 5.75 Å². The zero-order chi connectivity index (χ0) is 11.1. The van der Waals surface area contributed by atoms with Gasteiger partial charge in [0, 0.05) is 0 Å². The third-order valence-corrected chi connectivity index (χ3v) is 2.39. The Morgan fingerprint density at radius 2 is 2.27 bits per heavy atom. The topological polar surface area (TPSA) is 21.3 Å². The van der Waals surface area contributed by atoms with E-state index in [1.807, 2.05) is 31.3 Å². The molecule has 0 amide bonds. The van der Waals surface area contributed by atoms with Crippen molar-refractivity contribution in [2.24, 2.45) is 0 Å². The van der Waals surface area contributed by atoms with Gasteiger partial charge in [0.15, 0.2) is 0 Å². The highest BCUT2D eigenvalue weighted by atomic mass is 35.5. The van der Waals surface area contributed by atoms with Crippen LogP contribution in [0, 0.1) is 0 Å². The van der Waals surface area contributed by atoms with Crippen molar-refractivity contribution in [3.05, 3.63) is 34.9 Å². The van der Waals surface area contributed by atoms with E-state index in [-0.39, 0.29) is 0 Å². The third kappa shape index (κ3) is 3.94. The van der Waals surface area contributed by atoms with Gasteiger partial charge in [-0.15, -0.1) is 0 Å². The molecule has 1 rings (SSSR count). The molecule has 1 N–H and O–H groups in total. The summed E-state index contributed by atoms with van der Waals surface area (Å²) in [6.45, 7) is 0.976. The van der Waals surface area contributed by atoms with Crippen molar-refractivity contribution in [3.63, 3.8) is 0 Å². The van der Waals surface area contributed by atoms with Crippen LogP contribution in [0.1, 0.15) is 12.0 Å². The Bertz CT molecular complexity index is 336. The normalized spacial score (nSPS) is 10.9. The lowest BCUT2D eigenvalue weighted by molar-refractivity contribution is 0.415. The summed E-state index contributed by atoms with van der Waals surface area (Å²) in [7, 11) is 3.57. The summed E-state index contributed by atoms with van der Waals surface area (Å²) >= 11 is 6.07. The largest absolute Gasteiger partial charge is 0.497 e. The van der Waals surface area contributed by atoms with E-state index in [1.54, 1.807) is 7.11 Å². The highest BCUT2D eigenvalue weighted by molar-refractivity contribution is 6.32. The Labute approximate surface area is 95.9 Å². The van der Waals surface area contributed by atoms with Crippen molar-refractivity contribution in [2.75, 3.05) is 20.7 Å². The monoisotopic (exact) mass is 225 g/mol. The molecule has 0 unspecified atom stereocenters. The van der Waals surface area contributed by atoms with Gasteiger partial charge in [-0.25, -0.2) is 0 Å². The average molecular weight is 226 g/mol. The molecule has 82 valence electrons. The quantitative estimate of drug-likeness (QED) is 0.778. The van der Waals surface area contributed by atoms with Crippen LogP contribution in [0.25, 0.3) is 6.08 Å². The number of halogens is 1. The first kappa shape index (κ1) is 12.1. The summed E-state index contributed by atoms with van der Waals surface area (Å²) in [5.74, 6) is 0.785. The molecule has 0 fully saturated rings. The highest BCUT2D eigenvalue weighted by Crippen LogP contribution is 2.23. The number of methoxy groups -OCH3 is 1. The van der Waals surface area contributed by atoms with Crippen molar-refractivity contribution in [2.45, 2.75) is 6.42 Å². The minimum absolute atomic E-state index is 0.718. The Morgan fingerprint density at radius 3 is 2.87 bits per heavy atom. The van der Waals surface area contributed by atoms with E-state index in [4.69, 9.17) is 16.3 Å². The predicted octanol–water partition coefficient (Wildman–Crippen LogP) is 2.97. The molecule has 0 spiro atoms. The fraction of sp³-hybridized carbons (Fsp3) is 0.333. The molecule has 1 aromatic carbocycles. The van der Waals surface area contributed by atoms with Gasteiger partial charge in [0.25, 0.3) is 0 Å². The first-order chi connectivity index (χ1) is 7.27. The molecule has 0 saturated heterocycles. The molecule has 15 heavy (non-hydrogen) atoms. The van der Waals surface area contributed by atoms with Crippen LogP contribution in [-0.4, -0.2) is 20.7 Å². The van der Waals surface area contributed by atoms with Crippen LogP contribution in [-0.2, 0) is 0 Å². The zero-order valence-electron chi connectivity index (χ0n) is 9.09. The fourth-order valence-corrected chi connectivity index (χ4v) is 1.44. The minimum Gasteiger partial charge on any atom is -0.497 e. The first-order valence-electron chi connectivity index (χ1n) is 4.92. The third-order valence-electron chi connectivity index (χ3n) is 2.07. The number of hydrogen-bond acceptors (Lipinski definition) is 2. The Kier molecular flexibility index (Phi) is 5.22. The van der Waals surface area contributed by atoms with Crippen molar-refractivity contribution in [3.8, 4) is 5.75 Å². The maximum absolute atomic E-state index is 6.07. The Hall–Kier alpha value is -0.990. The summed E-state index contributed by atoms with van der Waals surface area (Å²) in [4.78, 5) is 0. The van der Waals surface area contributed by atoms with Gasteiger partial charge in [-0.3, -0.25) is 0 Å². The second-order valence-electron chi connectivity index (χ2n) is 3.18. The van der Waals surface area contributed by atoms with E-state index in [0.717, 1.165) is 29.3 Å². The van der Waals surface area contributed by atoms with Gasteiger partial charge >= 0.3 is 0 Å². The summed E-state index contributed by atoms with van der Waals surface area (Å²) in [6, 6.07) is 5.68. The highest BCUT2D eigenvalue weighted by Gasteiger charge is 1.98. The van der Waals surface area contributed by atoms with Crippen molar-refractivity contribution >= 4 is 17.7 Å². The minimum atomic E-state index is 0.718. The molecule has 0 bridgehead atoms. The molecule has 0 heterocycles. The Morgan fingerprint density at radius 1 is 1.47 bits per heavy atom. The molecule has 0 saturated carbocycles. The summed E-state index contributed by atoms with van der Waals surface area (Å²) in [5, 5.41) is 3.80. The Balaban J connectivity index is 2.65. The molecule has 2 nitrogen and oxygen atoms in total. The van der Waals surface area contributed by atoms with Gasteiger partial charge in [-0.05, 0) is 43.8 Å². The van der Waals surface area contributed by atoms with Crippen molar-refractivity contribution < 1.29 is 4.74 Å². The van der Waals surface area contributed by atoms with Gasteiger partial charge in [-0.1, -0.05) is 23.8 Å². The second kappa shape index (κ2) is 6.49. The van der Waals surface area contributed by atoms with E-state index in [0.29, 0.717) is 0 Å². The molecular weight excluding hydrogens is 210 g/mol. The van der Waals surface area contributed by atoms with E-state index >= 15 is 0 Å². The van der Waals surface area contributed by atoms with Crippen LogP contribution in [0.2, 0.25) is 5.02 Å². The molecule has 0 radical (unpaired) electrons. The molecule has 3 heteroatoms. The van der Waals surface area contributed by atoms with E-state index in [9.17, 15) is 0 Å². The van der Waals surface area contributed by atoms with Crippen LogP contribution < -0.4 is 10.1 Å². The number of benzene rings is 1. The number of hydrogen-bond donors (Lipinski definition) is 1. The summed E-state index contributed by atoms with van der Waals surface area (Å²) in [6.07, 6.45) is 5.13. The summed E-state index contributed by atoms with van der Waals surface area (Å²) in [5.41, 5.74) is 1.02. The van der Waals surface area contributed by atoms with Gasteiger partial charge in [0.2, 0.25) is 0 Å². The van der Waals surface area contributed by atoms with Crippen LogP contribution >= 0.6 is 11.6 Å². The van der Waals surface area contributed by atoms with Gasteiger partial charge in [0.1, 0.15) is 5.75 Å². The van der Waals surface area contributed by atoms with Crippen molar-refractivity contribution in [1.82, 2.24) is 5.32 Å². The van der Waals surface area contributed by atoms with Gasteiger partial charge in [0.05, 0.1) is 12.1 Å². The first-order valence-corrected chi connectivity index (χ1v) is 5.30. The molecule has 0 atom stereocenters. The maximum atomic E-state index is 6.07. The fourth-order valence-electron chi connectivity index (χ4n) is 1.21. The van der Waals surface area contributed by atoms with Crippen LogP contribution in [0.4, 0.5) is 0 Å². The van der Waals surface area contributed by atoms with E-state index in [2.05, 4.69) is 11.4 Å². The van der Waals surface area contributed by atoms with Crippen LogP contribution in [0.15, 0.2) is 24.3 Å². The zero-order valence-corrected chi connectivity index (χ0v) is 9.84. The van der Waals surface area contributed by atoms with Crippen molar-refractivity contribution in [1.29, 1.82) is 0 Å². The summed E-state index contributed by atoms with van der Waals surface area (Å²) < 4.78 is 5.07. The average Bonchev–Trinajstić information content (AvgIpc) is 2.26. The molecule has 0 aliphatic heterocycles. The number of nitrogens with one attached hydrogen (secondary N) is 1.